The third kappa shape index (κ3) is 6.39. The summed E-state index contributed by atoms with van der Waals surface area (Å²) < 4.78 is 51.0. The Kier molecular flexibility index (Phi) is 8.13. The first-order chi connectivity index (χ1) is 14.2. The smallest absolute Gasteiger partial charge is 0.418 e. The summed E-state index contributed by atoms with van der Waals surface area (Å²) in [5, 5.41) is 12.1. The van der Waals surface area contributed by atoms with Crippen LogP contribution in [0.25, 0.3) is 0 Å². The van der Waals surface area contributed by atoms with Gasteiger partial charge in [0.1, 0.15) is 5.82 Å². The molecular weight excluding hydrogens is 403 g/mol. The minimum Gasteiger partial charge on any atom is -0.481 e. The lowest BCUT2D eigenvalue weighted by Gasteiger charge is -2.25. The molecule has 2 N–H and O–H groups in total. The molecule has 2 atom stereocenters. The molecule has 0 aliphatic carbocycles. The molecule has 0 amide bonds. The van der Waals surface area contributed by atoms with Crippen molar-refractivity contribution < 1.29 is 32.5 Å². The number of aliphatic carboxylic acids is 1. The number of aromatic nitrogens is 2. The third-order valence-electron chi connectivity index (χ3n) is 4.31. The molecule has 0 saturated heterocycles. The van der Waals surface area contributed by atoms with Gasteiger partial charge in [-0.2, -0.15) is 13.2 Å². The largest absolute Gasteiger partial charge is 0.481 e. The molecule has 1 aromatic carbocycles. The Morgan fingerprint density at radius 2 is 1.93 bits per heavy atom. The molecule has 2 aromatic rings. The van der Waals surface area contributed by atoms with Crippen LogP contribution in [0.4, 0.5) is 24.5 Å². The number of ether oxygens (including phenoxy) is 2. The molecule has 10 heteroatoms. The normalized spacial score (nSPS) is 13.7. The summed E-state index contributed by atoms with van der Waals surface area (Å²) in [6.07, 6.45) is -4.11. The quantitative estimate of drug-likeness (QED) is 0.581. The van der Waals surface area contributed by atoms with E-state index in [1.54, 1.807) is 6.92 Å². The van der Waals surface area contributed by atoms with E-state index >= 15 is 0 Å². The summed E-state index contributed by atoms with van der Waals surface area (Å²) in [4.78, 5) is 19.3. The van der Waals surface area contributed by atoms with Crippen molar-refractivity contribution in [2.24, 2.45) is 0 Å². The minimum absolute atomic E-state index is 0.104. The summed E-state index contributed by atoms with van der Waals surface area (Å²) in [7, 11) is 1.43. The molecule has 0 aliphatic rings. The average Bonchev–Trinajstić information content (AvgIpc) is 2.67. The van der Waals surface area contributed by atoms with Gasteiger partial charge in [0.15, 0.2) is 6.10 Å². The Morgan fingerprint density at radius 1 is 1.27 bits per heavy atom. The number of hydrogen-bond donors (Lipinski definition) is 2. The number of rotatable bonds is 10. The zero-order chi connectivity index (χ0) is 22.3. The van der Waals surface area contributed by atoms with Crippen molar-refractivity contribution in [1.82, 2.24) is 9.97 Å². The predicted molar refractivity (Wildman–Crippen MR) is 104 cm³/mol. The summed E-state index contributed by atoms with van der Waals surface area (Å²) in [5.74, 6) is -1.06. The van der Waals surface area contributed by atoms with Crippen LogP contribution in [-0.4, -0.2) is 47.5 Å². The fourth-order valence-electron chi connectivity index (χ4n) is 2.99. The highest BCUT2D eigenvalue weighted by Crippen LogP contribution is 2.41. The molecule has 0 aliphatic heterocycles. The van der Waals surface area contributed by atoms with E-state index in [4.69, 9.17) is 14.6 Å². The maximum absolute atomic E-state index is 13.6. The highest BCUT2D eigenvalue weighted by molar-refractivity contribution is 5.69. The van der Waals surface area contributed by atoms with Crippen molar-refractivity contribution in [3.05, 3.63) is 47.5 Å². The van der Waals surface area contributed by atoms with E-state index in [2.05, 4.69) is 15.3 Å². The number of carboxylic acid groups (broad SMARTS) is 1. The third-order valence-corrected chi connectivity index (χ3v) is 4.31. The Labute approximate surface area is 172 Å². The second-order valence-corrected chi connectivity index (χ2v) is 6.62. The molecule has 0 saturated carbocycles. The molecule has 1 aromatic heterocycles. The van der Waals surface area contributed by atoms with Crippen molar-refractivity contribution in [1.29, 1.82) is 0 Å². The van der Waals surface area contributed by atoms with E-state index in [0.717, 1.165) is 0 Å². The summed E-state index contributed by atoms with van der Waals surface area (Å²) in [5.41, 5.74) is 0.913. The van der Waals surface area contributed by atoms with Gasteiger partial charge in [-0.15, -0.1) is 0 Å². The van der Waals surface area contributed by atoms with Crippen molar-refractivity contribution in [2.45, 2.75) is 38.5 Å². The summed E-state index contributed by atoms with van der Waals surface area (Å²) in [6, 6.07) is 4.25. The molecule has 0 fully saturated rings. The molecular formula is C20H24F3N3O4. The number of anilines is 2. The van der Waals surface area contributed by atoms with E-state index in [1.807, 2.05) is 0 Å². The van der Waals surface area contributed by atoms with Crippen LogP contribution in [0.1, 0.15) is 42.3 Å². The molecule has 164 valence electrons. The van der Waals surface area contributed by atoms with Gasteiger partial charge in [0.2, 0.25) is 0 Å². The van der Waals surface area contributed by atoms with Gasteiger partial charge in [-0.25, -0.2) is 9.97 Å². The van der Waals surface area contributed by atoms with Crippen LogP contribution in [-0.2, 0) is 14.3 Å². The predicted octanol–water partition coefficient (Wildman–Crippen LogP) is 4.37. The fourth-order valence-corrected chi connectivity index (χ4v) is 2.99. The molecule has 0 radical (unpaired) electrons. The van der Waals surface area contributed by atoms with E-state index in [0.29, 0.717) is 17.1 Å². The van der Waals surface area contributed by atoms with E-state index < -0.39 is 24.2 Å². The van der Waals surface area contributed by atoms with Crippen molar-refractivity contribution in [3.63, 3.8) is 0 Å². The number of aryl methyl sites for hydroxylation is 1. The molecule has 2 rings (SSSR count). The Bertz CT molecular complexity index is 844. The first kappa shape index (κ1) is 23.6. The van der Waals surface area contributed by atoms with Crippen LogP contribution in [0.3, 0.4) is 0 Å². The maximum Gasteiger partial charge on any atom is 0.418 e. The zero-order valence-electron chi connectivity index (χ0n) is 16.9. The van der Waals surface area contributed by atoms with Gasteiger partial charge in [-0.05, 0) is 25.5 Å². The van der Waals surface area contributed by atoms with Gasteiger partial charge in [-0.1, -0.05) is 12.1 Å². The Hall–Kier alpha value is -2.72. The van der Waals surface area contributed by atoms with Crippen LogP contribution in [0.15, 0.2) is 30.6 Å². The average molecular weight is 427 g/mol. The lowest BCUT2D eigenvalue weighted by atomic mass is 9.93. The van der Waals surface area contributed by atoms with Gasteiger partial charge in [-0.3, -0.25) is 4.79 Å². The lowest BCUT2D eigenvalue weighted by molar-refractivity contribution is -0.222. The number of alkyl halides is 3. The van der Waals surface area contributed by atoms with Crippen LogP contribution >= 0.6 is 0 Å². The topological polar surface area (TPSA) is 93.6 Å². The van der Waals surface area contributed by atoms with E-state index in [-0.39, 0.29) is 30.9 Å². The number of halogens is 3. The highest BCUT2D eigenvalue weighted by Gasteiger charge is 2.43. The Balaban J connectivity index is 2.54. The first-order valence-electron chi connectivity index (χ1n) is 9.24. The second-order valence-electron chi connectivity index (χ2n) is 6.62. The molecule has 2 unspecified atom stereocenters. The Morgan fingerprint density at radius 3 is 2.47 bits per heavy atom. The van der Waals surface area contributed by atoms with Gasteiger partial charge >= 0.3 is 12.1 Å². The monoisotopic (exact) mass is 427 g/mol. The summed E-state index contributed by atoms with van der Waals surface area (Å²) in [6.45, 7) is 3.14. The van der Waals surface area contributed by atoms with Crippen LogP contribution in [0.2, 0.25) is 0 Å². The molecule has 1 heterocycles. The minimum atomic E-state index is -4.63. The van der Waals surface area contributed by atoms with Crippen LogP contribution in [0, 0.1) is 6.92 Å². The molecule has 30 heavy (non-hydrogen) atoms. The number of methoxy groups -OCH3 is 1. The van der Waals surface area contributed by atoms with Gasteiger partial charge in [0.25, 0.3) is 0 Å². The molecule has 0 spiro atoms. The number of carbonyl (C=O) groups is 1. The standard InChI is InChI=1S/C20H24F3N3O4/c1-4-30-19(20(21,22)23)16-6-5-13(14(11-29-3)8-18(27)28)7-17(16)26-15-9-24-12(2)25-10-15/h5-7,9-10,14,19,26H,4,8,11H2,1-3H3,(H,27,28). The number of nitrogens with zero attached hydrogens (tertiary/aromatic N) is 2. The lowest BCUT2D eigenvalue weighted by Crippen LogP contribution is -2.24. The SMILES string of the molecule is CCOC(c1ccc(C(COC)CC(=O)O)cc1Nc1cnc(C)nc1)C(F)(F)F. The number of hydrogen-bond acceptors (Lipinski definition) is 6. The number of nitrogens with one attached hydrogen (secondary N) is 1. The van der Waals surface area contributed by atoms with Crippen LogP contribution in [0.5, 0.6) is 0 Å². The van der Waals surface area contributed by atoms with Gasteiger partial charge < -0.3 is 19.9 Å². The summed E-state index contributed by atoms with van der Waals surface area (Å²) >= 11 is 0. The van der Waals surface area contributed by atoms with Crippen molar-refractivity contribution in [2.75, 3.05) is 25.6 Å². The molecule has 7 nitrogen and oxygen atoms in total. The maximum atomic E-state index is 13.6. The van der Waals surface area contributed by atoms with Crippen molar-refractivity contribution in [3.8, 4) is 0 Å². The number of benzene rings is 1. The van der Waals surface area contributed by atoms with Gasteiger partial charge in [0.05, 0.1) is 31.1 Å². The zero-order valence-corrected chi connectivity index (χ0v) is 16.9. The van der Waals surface area contributed by atoms with E-state index in [9.17, 15) is 18.0 Å². The van der Waals surface area contributed by atoms with Crippen LogP contribution < -0.4 is 5.32 Å². The molecule has 0 bridgehead atoms. The van der Waals surface area contributed by atoms with Crippen molar-refractivity contribution >= 4 is 17.3 Å². The highest BCUT2D eigenvalue weighted by atomic mass is 19.4. The van der Waals surface area contributed by atoms with Gasteiger partial charge in [0, 0.05) is 30.9 Å². The first-order valence-corrected chi connectivity index (χ1v) is 9.24. The second kappa shape index (κ2) is 10.4. The number of carboxylic acids is 1. The fraction of sp³-hybridized carbons (Fsp3) is 0.450. The van der Waals surface area contributed by atoms with E-state index in [1.165, 1.54) is 44.6 Å².